The molecule has 3 aliphatic carbocycles. The van der Waals surface area contributed by atoms with Gasteiger partial charge in [-0.15, -0.1) is 0 Å². The maximum Gasteiger partial charge on any atom is 0.0531 e. The lowest BCUT2D eigenvalue weighted by Gasteiger charge is -2.09. The average molecular weight is 670 g/mol. The van der Waals surface area contributed by atoms with Crippen LogP contribution in [0.2, 0.25) is 0 Å². The van der Waals surface area contributed by atoms with Crippen LogP contribution in [0.15, 0.2) is 54.7 Å². The van der Waals surface area contributed by atoms with E-state index in [1.807, 2.05) is 6.20 Å². The van der Waals surface area contributed by atoms with Crippen LogP contribution in [-0.4, -0.2) is 15.0 Å². The van der Waals surface area contributed by atoms with Crippen molar-refractivity contribution in [3.63, 3.8) is 0 Å². The second-order valence-electron chi connectivity index (χ2n) is 15.5. The van der Waals surface area contributed by atoms with E-state index in [1.54, 1.807) is 0 Å². The molecule has 6 aromatic rings. The molecule has 3 nitrogen and oxygen atoms in total. The van der Waals surface area contributed by atoms with E-state index in [0.29, 0.717) is 0 Å². The minimum absolute atomic E-state index is 0.993. The number of rotatable bonds is 0. The van der Waals surface area contributed by atoms with Crippen molar-refractivity contribution in [1.29, 1.82) is 0 Å². The molecule has 3 aliphatic rings. The van der Waals surface area contributed by atoms with Crippen LogP contribution >= 0.6 is 0 Å². The summed E-state index contributed by atoms with van der Waals surface area (Å²) in [6, 6.07) is 18.4. The number of fused-ring (bicyclic) bond motifs is 9. The quantitative estimate of drug-likeness (QED) is 0.161. The molecule has 258 valence electrons. The van der Waals surface area contributed by atoms with Gasteiger partial charge in [-0.05, 0) is 184 Å². The number of nitrogens with zero attached hydrogens (tertiary/aromatic N) is 3. The van der Waals surface area contributed by atoms with Crippen molar-refractivity contribution in [2.45, 2.75) is 102 Å². The molecule has 0 saturated carbocycles. The van der Waals surface area contributed by atoms with Gasteiger partial charge in [0.25, 0.3) is 0 Å². The lowest BCUT2D eigenvalue weighted by atomic mass is 9.97. The van der Waals surface area contributed by atoms with Crippen molar-refractivity contribution in [2.24, 2.45) is 0 Å². The Balaban J connectivity index is 0.000000119. The third-order valence-corrected chi connectivity index (χ3v) is 11.7. The van der Waals surface area contributed by atoms with E-state index in [0.717, 1.165) is 30.7 Å². The topological polar surface area (TPSA) is 38.7 Å². The van der Waals surface area contributed by atoms with Gasteiger partial charge < -0.3 is 0 Å². The summed E-state index contributed by atoms with van der Waals surface area (Å²) in [5, 5.41) is 0. The Labute approximate surface area is 305 Å². The predicted octanol–water partition coefficient (Wildman–Crippen LogP) is 11.7. The smallest absolute Gasteiger partial charge is 0.0531 e. The zero-order valence-corrected chi connectivity index (χ0v) is 32.7. The van der Waals surface area contributed by atoms with E-state index in [2.05, 4.69) is 142 Å². The van der Waals surface area contributed by atoms with Crippen LogP contribution in [0.3, 0.4) is 0 Å². The largest absolute Gasteiger partial charge is 0.260 e. The standard InChI is InChI=1S/3C16H17N/c1-9-6-13-8-15-16(14(13)7-10(9)2)11(3)5-12(4)17-15;1-9-5-13-7-15-16(14(13)6-10(9)2)12(4)11(3)8-17-15;1-9-5-13-8-16-15(14(13)6-10(9)2)7-11(3)12(4)17-16/h5-7H,8H2,1-4H3;5-6,8H,7H2,1-4H3;5-7H,8H2,1-4H3. The molecule has 0 fully saturated rings. The second kappa shape index (κ2) is 13.0. The fourth-order valence-corrected chi connectivity index (χ4v) is 8.10. The van der Waals surface area contributed by atoms with Gasteiger partial charge in [-0.2, -0.15) is 0 Å². The van der Waals surface area contributed by atoms with Crippen molar-refractivity contribution in [3.05, 3.63) is 156 Å². The summed E-state index contributed by atoms with van der Waals surface area (Å²) in [5.74, 6) is 0. The van der Waals surface area contributed by atoms with Crippen LogP contribution in [-0.2, 0) is 19.3 Å². The lowest BCUT2D eigenvalue weighted by molar-refractivity contribution is 1.05. The summed E-state index contributed by atoms with van der Waals surface area (Å²) in [6.07, 6.45) is 4.98. The highest BCUT2D eigenvalue weighted by molar-refractivity contribution is 5.81. The monoisotopic (exact) mass is 669 g/mol. The summed E-state index contributed by atoms with van der Waals surface area (Å²) in [4.78, 5) is 14.0. The highest BCUT2D eigenvalue weighted by Gasteiger charge is 2.24. The Morgan fingerprint density at radius 3 is 1.45 bits per heavy atom. The first-order valence-corrected chi connectivity index (χ1v) is 18.4. The Hall–Kier alpha value is -4.89. The van der Waals surface area contributed by atoms with Crippen LogP contribution in [0.5, 0.6) is 0 Å². The molecule has 51 heavy (non-hydrogen) atoms. The molecule has 0 N–H and O–H groups in total. The molecule has 0 bridgehead atoms. The molecule has 0 amide bonds. The molecule has 0 radical (unpaired) electrons. The first kappa shape index (κ1) is 34.6. The maximum atomic E-state index is 4.73. The van der Waals surface area contributed by atoms with Crippen molar-refractivity contribution in [3.8, 4) is 33.4 Å². The molecule has 0 spiro atoms. The van der Waals surface area contributed by atoms with Gasteiger partial charge in [-0.3, -0.25) is 15.0 Å². The van der Waals surface area contributed by atoms with Gasteiger partial charge in [0.2, 0.25) is 0 Å². The van der Waals surface area contributed by atoms with Gasteiger partial charge in [-0.1, -0.05) is 36.4 Å². The van der Waals surface area contributed by atoms with Crippen LogP contribution in [0, 0.1) is 83.1 Å². The number of benzene rings is 3. The molecule has 0 unspecified atom stereocenters. The molecule has 0 saturated heterocycles. The summed E-state index contributed by atoms with van der Waals surface area (Å²) in [5.41, 5.74) is 32.2. The van der Waals surface area contributed by atoms with Crippen molar-refractivity contribution < 1.29 is 0 Å². The SMILES string of the molecule is Cc1cc(C)c2c(n1)Cc1cc(C)c(C)cc1-2.Cc1cc2c(cc1C)-c1c(ncc(C)c1C)C2.Cc1cc2c(cc1C)-c1cc(C)c(C)nc1C2. The minimum atomic E-state index is 0.993. The summed E-state index contributed by atoms with van der Waals surface area (Å²) < 4.78 is 0. The van der Waals surface area contributed by atoms with Gasteiger partial charge in [0.1, 0.15) is 0 Å². The predicted molar refractivity (Wildman–Crippen MR) is 214 cm³/mol. The fraction of sp³-hybridized carbons (Fsp3) is 0.312. The molecule has 0 atom stereocenters. The fourth-order valence-electron chi connectivity index (χ4n) is 8.10. The molecule has 9 rings (SSSR count). The molecule has 3 heterocycles. The van der Waals surface area contributed by atoms with Crippen LogP contribution in [0.4, 0.5) is 0 Å². The number of pyridine rings is 3. The zero-order valence-electron chi connectivity index (χ0n) is 32.7. The van der Waals surface area contributed by atoms with E-state index < -0.39 is 0 Å². The third kappa shape index (κ3) is 6.22. The third-order valence-electron chi connectivity index (χ3n) is 11.7. The Morgan fingerprint density at radius 1 is 0.373 bits per heavy atom. The molecule has 3 heteroatoms. The summed E-state index contributed by atoms with van der Waals surface area (Å²) in [6.45, 7) is 26.0. The molecule has 3 aromatic carbocycles. The summed E-state index contributed by atoms with van der Waals surface area (Å²) >= 11 is 0. The minimum Gasteiger partial charge on any atom is -0.260 e. The lowest BCUT2D eigenvalue weighted by Crippen LogP contribution is -1.92. The van der Waals surface area contributed by atoms with E-state index in [1.165, 1.54) is 123 Å². The van der Waals surface area contributed by atoms with Crippen molar-refractivity contribution in [2.75, 3.05) is 0 Å². The first-order valence-electron chi connectivity index (χ1n) is 18.4. The van der Waals surface area contributed by atoms with Gasteiger partial charge in [-0.25, -0.2) is 0 Å². The highest BCUT2D eigenvalue weighted by Crippen LogP contribution is 2.41. The molecular formula is C48H51N3. The van der Waals surface area contributed by atoms with E-state index >= 15 is 0 Å². The number of hydrogen-bond donors (Lipinski definition) is 0. The zero-order chi connectivity index (χ0) is 36.5. The van der Waals surface area contributed by atoms with Crippen LogP contribution in [0.25, 0.3) is 33.4 Å². The van der Waals surface area contributed by atoms with E-state index in [9.17, 15) is 0 Å². The van der Waals surface area contributed by atoms with Crippen LogP contribution in [0.1, 0.15) is 101 Å². The number of aryl methyl sites for hydroxylation is 11. The Kier molecular flexibility index (Phi) is 8.82. The normalized spacial score (nSPS) is 12.5. The Morgan fingerprint density at radius 2 is 0.843 bits per heavy atom. The van der Waals surface area contributed by atoms with E-state index in [4.69, 9.17) is 4.98 Å². The molecule has 0 aliphatic heterocycles. The van der Waals surface area contributed by atoms with Gasteiger partial charge in [0, 0.05) is 53.5 Å². The van der Waals surface area contributed by atoms with Crippen molar-refractivity contribution in [1.82, 2.24) is 15.0 Å². The van der Waals surface area contributed by atoms with E-state index in [-0.39, 0.29) is 0 Å². The highest BCUT2D eigenvalue weighted by atomic mass is 14.7. The molecular weight excluding hydrogens is 619 g/mol. The number of aromatic nitrogens is 3. The van der Waals surface area contributed by atoms with Gasteiger partial charge in [0.05, 0.1) is 17.1 Å². The second-order valence-corrected chi connectivity index (χ2v) is 15.5. The average Bonchev–Trinajstić information content (AvgIpc) is 3.71. The van der Waals surface area contributed by atoms with Crippen LogP contribution < -0.4 is 0 Å². The Bertz CT molecular complexity index is 2350. The van der Waals surface area contributed by atoms with Gasteiger partial charge in [0.15, 0.2) is 0 Å². The van der Waals surface area contributed by atoms with Gasteiger partial charge >= 0.3 is 0 Å². The maximum absolute atomic E-state index is 4.73. The first-order chi connectivity index (χ1) is 24.2. The van der Waals surface area contributed by atoms with Crippen molar-refractivity contribution >= 4 is 0 Å². The molecule has 3 aromatic heterocycles. The summed E-state index contributed by atoms with van der Waals surface area (Å²) in [7, 11) is 0. The number of hydrogen-bond acceptors (Lipinski definition) is 3.